The first-order chi connectivity index (χ1) is 14.3. The van der Waals surface area contributed by atoms with Crippen molar-refractivity contribution in [2.75, 3.05) is 43.1 Å². The van der Waals surface area contributed by atoms with E-state index in [0.717, 1.165) is 0 Å². The molecule has 1 saturated heterocycles. The average molecular weight is 420 g/mol. The van der Waals surface area contributed by atoms with Crippen LogP contribution in [-0.2, 0) is 6.61 Å². The van der Waals surface area contributed by atoms with Gasteiger partial charge in [0.15, 0.2) is 5.69 Å². The van der Waals surface area contributed by atoms with E-state index in [-0.39, 0.29) is 35.6 Å². The molecule has 0 unspecified atom stereocenters. The van der Waals surface area contributed by atoms with Gasteiger partial charge < -0.3 is 19.6 Å². The minimum absolute atomic E-state index is 0.0644. The molecule has 0 atom stereocenters. The van der Waals surface area contributed by atoms with Gasteiger partial charge in [-0.3, -0.25) is 20.2 Å². The van der Waals surface area contributed by atoms with E-state index in [1.54, 1.807) is 11.0 Å². The molecule has 1 heterocycles. The fraction of sp³-hybridized carbons (Fsp3) is 0.368. The molecule has 0 amide bonds. The molecule has 1 aliphatic rings. The summed E-state index contributed by atoms with van der Waals surface area (Å²) in [6.45, 7) is 2.29. The lowest BCUT2D eigenvalue weighted by Crippen LogP contribution is -2.47. The van der Waals surface area contributed by atoms with Crippen molar-refractivity contribution in [3.8, 4) is 5.75 Å². The van der Waals surface area contributed by atoms with Crippen LogP contribution in [0.2, 0.25) is 0 Å². The number of nitro benzene ring substituents is 2. The van der Waals surface area contributed by atoms with Crippen molar-refractivity contribution in [1.29, 1.82) is 0 Å². The molecule has 30 heavy (non-hydrogen) atoms. The van der Waals surface area contributed by atoms with Crippen LogP contribution in [0.4, 0.5) is 27.1 Å². The van der Waals surface area contributed by atoms with Crippen LogP contribution in [0, 0.1) is 33.0 Å². The first kappa shape index (κ1) is 21.2. The molecule has 1 fully saturated rings. The molecule has 0 spiro atoms. The fourth-order valence-corrected chi connectivity index (χ4v) is 3.71. The number of nitrogens with zero attached hydrogens (tertiary/aromatic N) is 4. The Bertz CT molecular complexity index is 991. The summed E-state index contributed by atoms with van der Waals surface area (Å²) < 4.78 is 18.7. The van der Waals surface area contributed by atoms with E-state index in [2.05, 4.69) is 0 Å². The number of anilines is 2. The minimum atomic E-state index is -0.670. The van der Waals surface area contributed by atoms with Gasteiger partial charge in [-0.05, 0) is 24.6 Å². The van der Waals surface area contributed by atoms with Crippen molar-refractivity contribution in [2.45, 2.75) is 13.5 Å². The highest BCUT2D eigenvalue weighted by molar-refractivity contribution is 5.79. The van der Waals surface area contributed by atoms with Gasteiger partial charge in [0.05, 0.1) is 29.3 Å². The predicted octanol–water partition coefficient (Wildman–Crippen LogP) is 2.78. The van der Waals surface area contributed by atoms with Crippen LogP contribution in [0.3, 0.4) is 0 Å². The normalized spacial score (nSPS) is 14.0. The Labute approximate surface area is 171 Å². The van der Waals surface area contributed by atoms with Crippen molar-refractivity contribution in [3.63, 3.8) is 0 Å². The first-order valence-electron chi connectivity index (χ1n) is 9.18. The van der Waals surface area contributed by atoms with Gasteiger partial charge in [0.1, 0.15) is 11.6 Å². The molecule has 0 radical (unpaired) electrons. The van der Waals surface area contributed by atoms with Crippen LogP contribution in [0.15, 0.2) is 24.3 Å². The zero-order valence-electron chi connectivity index (χ0n) is 16.5. The highest BCUT2D eigenvalue weighted by Gasteiger charge is 2.35. The molecular weight excluding hydrogens is 399 g/mol. The second-order valence-corrected chi connectivity index (χ2v) is 6.84. The molecular formula is C19H21FN4O6. The summed E-state index contributed by atoms with van der Waals surface area (Å²) >= 11 is 0. The fourth-order valence-electron chi connectivity index (χ4n) is 3.71. The number of ether oxygens (including phenoxy) is 1. The number of benzene rings is 2. The number of nitro groups is 2. The number of methoxy groups -OCH3 is 1. The lowest BCUT2D eigenvalue weighted by atomic mass is 10.0. The Balaban J connectivity index is 1.96. The lowest BCUT2D eigenvalue weighted by Gasteiger charge is -2.37. The van der Waals surface area contributed by atoms with Gasteiger partial charge in [-0.15, -0.1) is 0 Å². The average Bonchev–Trinajstić information content (AvgIpc) is 2.72. The Kier molecular flexibility index (Phi) is 6.01. The van der Waals surface area contributed by atoms with Crippen molar-refractivity contribution in [2.24, 2.45) is 0 Å². The minimum Gasteiger partial charge on any atom is -0.494 e. The van der Waals surface area contributed by atoms with Gasteiger partial charge >= 0.3 is 5.69 Å². The van der Waals surface area contributed by atoms with Crippen LogP contribution < -0.4 is 14.5 Å². The number of hydrogen-bond acceptors (Lipinski definition) is 8. The van der Waals surface area contributed by atoms with Crippen LogP contribution >= 0.6 is 0 Å². The topological polar surface area (TPSA) is 122 Å². The van der Waals surface area contributed by atoms with Gasteiger partial charge in [0.25, 0.3) is 5.69 Å². The maximum atomic E-state index is 13.5. The van der Waals surface area contributed by atoms with Crippen LogP contribution in [-0.4, -0.2) is 48.2 Å². The van der Waals surface area contributed by atoms with E-state index in [4.69, 9.17) is 4.74 Å². The molecule has 0 aliphatic carbocycles. The van der Waals surface area contributed by atoms with Gasteiger partial charge in [0.2, 0.25) is 0 Å². The summed E-state index contributed by atoms with van der Waals surface area (Å²) in [6.07, 6.45) is 0. The van der Waals surface area contributed by atoms with E-state index in [0.29, 0.717) is 24.5 Å². The maximum absolute atomic E-state index is 13.5. The number of halogens is 1. The summed E-state index contributed by atoms with van der Waals surface area (Å²) in [5.74, 6) is -0.0662. The van der Waals surface area contributed by atoms with Gasteiger partial charge in [-0.25, -0.2) is 4.39 Å². The predicted molar refractivity (Wildman–Crippen MR) is 108 cm³/mol. The van der Waals surface area contributed by atoms with Crippen molar-refractivity contribution >= 4 is 22.7 Å². The van der Waals surface area contributed by atoms with Crippen molar-refractivity contribution in [3.05, 3.63) is 61.4 Å². The number of aliphatic hydroxyl groups excluding tert-OH is 1. The summed E-state index contributed by atoms with van der Waals surface area (Å²) in [5, 5.41) is 32.8. The van der Waals surface area contributed by atoms with Gasteiger partial charge in [0, 0.05) is 43.9 Å². The second kappa shape index (κ2) is 8.49. The third kappa shape index (κ3) is 3.83. The van der Waals surface area contributed by atoms with Gasteiger partial charge in [-0.2, -0.15) is 0 Å². The Morgan fingerprint density at radius 2 is 1.73 bits per heavy atom. The molecule has 0 aromatic heterocycles. The molecule has 160 valence electrons. The smallest absolute Gasteiger partial charge is 0.302 e. The molecule has 11 heteroatoms. The monoisotopic (exact) mass is 420 g/mol. The summed E-state index contributed by atoms with van der Waals surface area (Å²) in [6, 6.07) is 5.37. The van der Waals surface area contributed by atoms with Gasteiger partial charge in [-0.1, -0.05) is 0 Å². The molecule has 0 saturated carbocycles. The lowest BCUT2D eigenvalue weighted by molar-refractivity contribution is -0.393. The Hall–Kier alpha value is -3.47. The molecule has 2 aromatic rings. The van der Waals surface area contributed by atoms with E-state index >= 15 is 0 Å². The first-order valence-corrected chi connectivity index (χ1v) is 9.18. The Morgan fingerprint density at radius 1 is 1.10 bits per heavy atom. The highest BCUT2D eigenvalue weighted by Crippen LogP contribution is 2.42. The Morgan fingerprint density at radius 3 is 2.27 bits per heavy atom. The zero-order valence-corrected chi connectivity index (χ0v) is 16.5. The number of rotatable bonds is 6. The third-order valence-electron chi connectivity index (χ3n) is 5.24. The molecule has 10 nitrogen and oxygen atoms in total. The number of piperazine rings is 1. The van der Waals surface area contributed by atoms with E-state index in [1.807, 2.05) is 4.90 Å². The molecule has 1 N–H and O–H groups in total. The number of hydrogen-bond donors (Lipinski definition) is 1. The molecule has 3 rings (SSSR count). The number of aliphatic hydroxyl groups is 1. The molecule has 2 aromatic carbocycles. The van der Waals surface area contributed by atoms with Crippen LogP contribution in [0.5, 0.6) is 5.75 Å². The summed E-state index contributed by atoms with van der Waals surface area (Å²) in [5.41, 5.74) is 0.169. The van der Waals surface area contributed by atoms with Crippen molar-refractivity contribution in [1.82, 2.24) is 0 Å². The molecule has 0 bridgehead atoms. The third-order valence-corrected chi connectivity index (χ3v) is 5.24. The van der Waals surface area contributed by atoms with Crippen LogP contribution in [0.25, 0.3) is 0 Å². The van der Waals surface area contributed by atoms with E-state index < -0.39 is 28.0 Å². The molecule has 1 aliphatic heterocycles. The second-order valence-electron chi connectivity index (χ2n) is 6.84. The maximum Gasteiger partial charge on any atom is 0.302 e. The summed E-state index contributed by atoms with van der Waals surface area (Å²) in [4.78, 5) is 25.6. The SMILES string of the molecule is COc1cc(F)ccc1N1CCN(c2c([N+](=O)[O-])cc(CO)c(C)c2[N+](=O)[O-])CC1. The zero-order chi connectivity index (χ0) is 22.0. The van der Waals surface area contributed by atoms with Crippen molar-refractivity contribution < 1.29 is 24.1 Å². The highest BCUT2D eigenvalue weighted by atomic mass is 19.1. The van der Waals surface area contributed by atoms with E-state index in [9.17, 15) is 29.7 Å². The van der Waals surface area contributed by atoms with E-state index in [1.165, 1.54) is 32.2 Å². The quantitative estimate of drug-likeness (QED) is 0.559. The van der Waals surface area contributed by atoms with Crippen LogP contribution in [0.1, 0.15) is 11.1 Å². The summed E-state index contributed by atoms with van der Waals surface area (Å²) in [7, 11) is 1.44. The standard InChI is InChI=1S/C19H21FN4O6/c1-12-13(11-25)9-16(23(26)27)19(18(12)24(28)29)22-7-5-21(6-8-22)15-4-3-14(20)10-17(15)30-2/h3-4,9-10,25H,5-8,11H2,1-2H3. The largest absolute Gasteiger partial charge is 0.494 e.